The highest BCUT2D eigenvalue weighted by atomic mass is 32.2. The molecule has 3 aromatic rings. The second-order valence-electron chi connectivity index (χ2n) is 5.61. The van der Waals surface area contributed by atoms with Gasteiger partial charge in [0.25, 0.3) is 10.0 Å². The van der Waals surface area contributed by atoms with Crippen molar-refractivity contribution in [2.75, 3.05) is 6.54 Å². The van der Waals surface area contributed by atoms with E-state index in [1.54, 1.807) is 0 Å². The molecule has 3 rings (SSSR count). The van der Waals surface area contributed by atoms with E-state index in [1.807, 2.05) is 0 Å². The van der Waals surface area contributed by atoms with E-state index in [0.717, 1.165) is 34.8 Å². The summed E-state index contributed by atoms with van der Waals surface area (Å²) in [7, 11) is -4.61. The van der Waals surface area contributed by atoms with Gasteiger partial charge >= 0.3 is 6.18 Å². The maximum atomic E-state index is 13.8. The highest BCUT2D eigenvalue weighted by molar-refractivity contribution is 7.89. The summed E-state index contributed by atoms with van der Waals surface area (Å²) in [5, 5.41) is 3.27. The van der Waals surface area contributed by atoms with Gasteiger partial charge in [-0.25, -0.2) is 22.3 Å². The quantitative estimate of drug-likeness (QED) is 0.615. The fraction of sp³-hybridized carbons (Fsp3) is 0.250. The number of fused-ring (bicyclic) bond motifs is 1. The average Bonchev–Trinajstić information content (AvgIpc) is 3.04. The van der Waals surface area contributed by atoms with E-state index in [-0.39, 0.29) is 5.65 Å². The molecule has 1 atom stereocenters. The Morgan fingerprint density at radius 1 is 1.22 bits per heavy atom. The van der Waals surface area contributed by atoms with Crippen LogP contribution >= 0.6 is 0 Å². The van der Waals surface area contributed by atoms with Crippen LogP contribution in [0.3, 0.4) is 0 Å². The molecule has 144 valence electrons. The molecule has 11 heteroatoms. The van der Waals surface area contributed by atoms with E-state index in [1.165, 1.54) is 25.4 Å². The number of nitrogens with zero attached hydrogens (tertiary/aromatic N) is 4. The Labute approximate surface area is 152 Å². The maximum Gasteiger partial charge on any atom is 0.409 e. The number of hydrogen-bond acceptors (Lipinski definition) is 4. The van der Waals surface area contributed by atoms with Gasteiger partial charge in [-0.2, -0.15) is 22.6 Å². The third-order valence-electron chi connectivity index (χ3n) is 3.88. The molecule has 27 heavy (non-hydrogen) atoms. The van der Waals surface area contributed by atoms with Crippen LogP contribution in [0, 0.1) is 5.82 Å². The van der Waals surface area contributed by atoms with Crippen LogP contribution in [-0.4, -0.2) is 40.0 Å². The molecule has 0 spiro atoms. The zero-order chi connectivity index (χ0) is 19.8. The van der Waals surface area contributed by atoms with Crippen LogP contribution in [-0.2, 0) is 10.0 Å². The molecule has 0 radical (unpaired) electrons. The summed E-state index contributed by atoms with van der Waals surface area (Å²) >= 11 is 0. The number of alkyl halides is 3. The maximum absolute atomic E-state index is 13.8. The lowest BCUT2D eigenvalue weighted by Gasteiger charge is -2.31. The summed E-state index contributed by atoms with van der Waals surface area (Å²) in [6, 6.07) is 3.65. The average molecular weight is 402 g/mol. The van der Waals surface area contributed by atoms with Crippen molar-refractivity contribution in [3.8, 4) is 0 Å². The van der Waals surface area contributed by atoms with Crippen molar-refractivity contribution >= 4 is 15.7 Å². The lowest BCUT2D eigenvalue weighted by Crippen LogP contribution is -2.42. The van der Waals surface area contributed by atoms with Gasteiger partial charge in [0, 0.05) is 25.0 Å². The number of sulfonamides is 1. The molecule has 0 fully saturated rings. The molecule has 2 heterocycles. The lowest BCUT2D eigenvalue weighted by molar-refractivity contribution is -0.173. The third kappa shape index (κ3) is 3.65. The molecule has 2 aromatic heterocycles. The first-order valence-electron chi connectivity index (χ1n) is 7.79. The fourth-order valence-corrected chi connectivity index (χ4v) is 4.25. The molecule has 1 aromatic carbocycles. The summed E-state index contributed by atoms with van der Waals surface area (Å²) < 4.78 is 81.6. The second-order valence-corrected chi connectivity index (χ2v) is 7.45. The van der Waals surface area contributed by atoms with E-state index in [9.17, 15) is 26.0 Å². The van der Waals surface area contributed by atoms with Gasteiger partial charge in [0.2, 0.25) is 0 Å². The molecule has 0 aliphatic rings. The summed E-state index contributed by atoms with van der Waals surface area (Å²) in [6.07, 6.45) is -2.08. The Kier molecular flexibility index (Phi) is 4.91. The van der Waals surface area contributed by atoms with Gasteiger partial charge in [0.05, 0.1) is 0 Å². The first kappa shape index (κ1) is 19.2. The standard InChI is InChI=1S/C16H14F4N4O2S/c1-2-24(15(16(18,19)20)11-4-6-12(17)7-5-11)27(25,26)14-10-13-21-8-3-9-23(13)22-14/h3-10,15H,2H2,1H3. The summed E-state index contributed by atoms with van der Waals surface area (Å²) in [6.45, 7) is 0.818. The first-order valence-corrected chi connectivity index (χ1v) is 9.23. The van der Waals surface area contributed by atoms with Crippen LogP contribution in [0.2, 0.25) is 0 Å². The van der Waals surface area contributed by atoms with Crippen molar-refractivity contribution in [1.29, 1.82) is 0 Å². The Hall–Kier alpha value is -2.53. The fourth-order valence-electron chi connectivity index (χ4n) is 2.71. The van der Waals surface area contributed by atoms with Crippen LogP contribution in [0.4, 0.5) is 17.6 Å². The molecular formula is C16H14F4N4O2S. The van der Waals surface area contributed by atoms with Gasteiger partial charge in [0.1, 0.15) is 11.9 Å². The van der Waals surface area contributed by atoms with Gasteiger partial charge in [-0.1, -0.05) is 19.1 Å². The van der Waals surface area contributed by atoms with Crippen LogP contribution in [0.1, 0.15) is 18.5 Å². The molecular weight excluding hydrogens is 388 g/mol. The monoisotopic (exact) mass is 402 g/mol. The first-order chi connectivity index (χ1) is 12.6. The van der Waals surface area contributed by atoms with E-state index >= 15 is 0 Å². The minimum atomic E-state index is -4.92. The normalized spacial score (nSPS) is 14.0. The summed E-state index contributed by atoms with van der Waals surface area (Å²) in [5.74, 6) is -0.725. The minimum absolute atomic E-state index is 0.178. The Morgan fingerprint density at radius 3 is 2.44 bits per heavy atom. The molecule has 0 aliphatic heterocycles. The molecule has 0 saturated carbocycles. The Bertz CT molecular complexity index is 1020. The van der Waals surface area contributed by atoms with Crippen molar-refractivity contribution < 1.29 is 26.0 Å². The van der Waals surface area contributed by atoms with Crippen molar-refractivity contribution in [3.05, 3.63) is 60.2 Å². The zero-order valence-corrected chi connectivity index (χ0v) is 14.7. The molecule has 0 saturated heterocycles. The van der Waals surface area contributed by atoms with Gasteiger partial charge in [-0.05, 0) is 23.8 Å². The van der Waals surface area contributed by atoms with E-state index in [4.69, 9.17) is 0 Å². The molecule has 0 N–H and O–H groups in total. The smallest absolute Gasteiger partial charge is 0.237 e. The highest BCUT2D eigenvalue weighted by Gasteiger charge is 2.49. The number of rotatable bonds is 5. The number of hydrogen-bond donors (Lipinski definition) is 0. The van der Waals surface area contributed by atoms with Crippen LogP contribution < -0.4 is 0 Å². The molecule has 0 aliphatic carbocycles. The zero-order valence-electron chi connectivity index (χ0n) is 13.9. The SMILES string of the molecule is CCN(C(c1ccc(F)cc1)C(F)(F)F)S(=O)(=O)c1cc2ncccn2n1. The predicted octanol–water partition coefficient (Wildman–Crippen LogP) is 3.18. The largest absolute Gasteiger partial charge is 0.409 e. The number of aromatic nitrogens is 3. The molecule has 1 unspecified atom stereocenters. The topological polar surface area (TPSA) is 67.6 Å². The van der Waals surface area contributed by atoms with Crippen molar-refractivity contribution in [3.63, 3.8) is 0 Å². The number of benzene rings is 1. The van der Waals surface area contributed by atoms with E-state index in [2.05, 4.69) is 10.1 Å². The Balaban J connectivity index is 2.12. The van der Waals surface area contributed by atoms with Crippen LogP contribution in [0.25, 0.3) is 5.65 Å². The minimum Gasteiger partial charge on any atom is -0.237 e. The Morgan fingerprint density at radius 2 is 1.89 bits per heavy atom. The van der Waals surface area contributed by atoms with Gasteiger partial charge in [-0.3, -0.25) is 0 Å². The third-order valence-corrected chi connectivity index (χ3v) is 5.70. The van der Waals surface area contributed by atoms with Crippen molar-refractivity contribution in [2.24, 2.45) is 0 Å². The molecule has 0 amide bonds. The van der Waals surface area contributed by atoms with Crippen LogP contribution in [0.15, 0.2) is 53.8 Å². The van der Waals surface area contributed by atoms with Crippen molar-refractivity contribution in [2.45, 2.75) is 24.2 Å². The molecule has 6 nitrogen and oxygen atoms in total. The lowest BCUT2D eigenvalue weighted by atomic mass is 10.1. The van der Waals surface area contributed by atoms with E-state index < -0.39 is 45.2 Å². The molecule has 0 bridgehead atoms. The van der Waals surface area contributed by atoms with E-state index in [0.29, 0.717) is 4.31 Å². The van der Waals surface area contributed by atoms with Gasteiger partial charge in [-0.15, -0.1) is 0 Å². The van der Waals surface area contributed by atoms with Gasteiger partial charge < -0.3 is 0 Å². The predicted molar refractivity (Wildman–Crippen MR) is 87.7 cm³/mol. The second kappa shape index (κ2) is 6.89. The van der Waals surface area contributed by atoms with Gasteiger partial charge in [0.15, 0.2) is 10.7 Å². The summed E-state index contributed by atoms with van der Waals surface area (Å²) in [4.78, 5) is 3.92. The van der Waals surface area contributed by atoms with Crippen LogP contribution in [0.5, 0.6) is 0 Å². The summed E-state index contributed by atoms with van der Waals surface area (Å²) in [5.41, 5.74) is -0.214. The van der Waals surface area contributed by atoms with Crippen molar-refractivity contribution in [1.82, 2.24) is 18.9 Å². The number of halogens is 4. The highest BCUT2D eigenvalue weighted by Crippen LogP contribution is 2.40.